The lowest BCUT2D eigenvalue weighted by Crippen LogP contribution is -2.33. The van der Waals surface area contributed by atoms with Gasteiger partial charge in [0.1, 0.15) is 17.3 Å². The molecule has 0 radical (unpaired) electrons. The van der Waals surface area contributed by atoms with Gasteiger partial charge in [-0.15, -0.1) is 0 Å². The molecular formula is C30H37N5O5. The summed E-state index contributed by atoms with van der Waals surface area (Å²) in [5.74, 6) is 0.795. The number of esters is 1. The summed E-state index contributed by atoms with van der Waals surface area (Å²) < 4.78 is 12.2. The van der Waals surface area contributed by atoms with E-state index in [0.29, 0.717) is 35.8 Å². The average molecular weight is 548 g/mol. The van der Waals surface area contributed by atoms with Gasteiger partial charge in [0.2, 0.25) is 0 Å². The van der Waals surface area contributed by atoms with Gasteiger partial charge < -0.3 is 13.8 Å². The Morgan fingerprint density at radius 1 is 1.02 bits per heavy atom. The summed E-state index contributed by atoms with van der Waals surface area (Å²) in [6.07, 6.45) is 7.86. The van der Waals surface area contributed by atoms with Gasteiger partial charge in [-0.2, -0.15) is 0 Å². The SMILES string of the molecule is CCCCc1ncc(/C=C2/C(=O)N(CCCC)C(=O)N2Cc2c(C)noc2C)n1Cc1ccc(C(=O)OC)cc1. The fraction of sp³-hybridized carbons (Fsp3) is 0.433. The molecule has 0 bridgehead atoms. The summed E-state index contributed by atoms with van der Waals surface area (Å²) in [5, 5.41) is 4.02. The van der Waals surface area contributed by atoms with Crippen molar-refractivity contribution >= 4 is 24.0 Å². The van der Waals surface area contributed by atoms with Gasteiger partial charge in [-0.25, -0.2) is 14.6 Å². The Kier molecular flexibility index (Phi) is 9.19. The molecule has 1 aliphatic heterocycles. The highest BCUT2D eigenvalue weighted by molar-refractivity contribution is 6.13. The quantitative estimate of drug-likeness (QED) is 0.173. The lowest BCUT2D eigenvalue weighted by molar-refractivity contribution is -0.123. The first-order chi connectivity index (χ1) is 19.3. The second kappa shape index (κ2) is 12.8. The normalized spacial score (nSPS) is 14.6. The fourth-order valence-electron chi connectivity index (χ4n) is 4.73. The molecule has 3 amide bonds. The van der Waals surface area contributed by atoms with Crippen LogP contribution in [0.2, 0.25) is 0 Å². The van der Waals surface area contributed by atoms with Gasteiger partial charge in [-0.3, -0.25) is 14.6 Å². The topological polar surface area (TPSA) is 111 Å². The van der Waals surface area contributed by atoms with Crippen molar-refractivity contribution in [2.24, 2.45) is 0 Å². The maximum absolute atomic E-state index is 13.6. The zero-order chi connectivity index (χ0) is 28.8. The molecule has 1 aliphatic rings. The zero-order valence-electron chi connectivity index (χ0n) is 23.9. The first-order valence-corrected chi connectivity index (χ1v) is 13.8. The molecule has 212 valence electrons. The summed E-state index contributed by atoms with van der Waals surface area (Å²) >= 11 is 0. The Morgan fingerprint density at radius 3 is 2.38 bits per heavy atom. The van der Waals surface area contributed by atoms with E-state index < -0.39 is 5.97 Å². The molecule has 0 aliphatic carbocycles. The first-order valence-electron chi connectivity index (χ1n) is 13.8. The number of benzene rings is 1. The molecule has 0 spiro atoms. The average Bonchev–Trinajstić information content (AvgIpc) is 3.56. The fourth-order valence-corrected chi connectivity index (χ4v) is 4.73. The molecule has 1 aromatic carbocycles. The number of aromatic nitrogens is 3. The van der Waals surface area contributed by atoms with Crippen molar-refractivity contribution in [2.75, 3.05) is 13.7 Å². The molecule has 10 heteroatoms. The number of rotatable bonds is 12. The molecule has 10 nitrogen and oxygen atoms in total. The number of hydrogen-bond acceptors (Lipinski definition) is 7. The summed E-state index contributed by atoms with van der Waals surface area (Å²) in [7, 11) is 1.36. The van der Waals surface area contributed by atoms with E-state index in [1.54, 1.807) is 31.3 Å². The van der Waals surface area contributed by atoms with Crippen LogP contribution in [0.3, 0.4) is 0 Å². The second-order valence-corrected chi connectivity index (χ2v) is 9.99. The van der Waals surface area contributed by atoms with Crippen molar-refractivity contribution in [3.63, 3.8) is 0 Å². The second-order valence-electron chi connectivity index (χ2n) is 9.99. The molecule has 0 N–H and O–H groups in total. The van der Waals surface area contributed by atoms with E-state index in [1.807, 2.05) is 26.0 Å². The van der Waals surface area contributed by atoms with Crippen LogP contribution in [0, 0.1) is 13.8 Å². The molecule has 1 saturated heterocycles. The van der Waals surface area contributed by atoms with Crippen LogP contribution in [0.5, 0.6) is 0 Å². The van der Waals surface area contributed by atoms with Gasteiger partial charge >= 0.3 is 12.0 Å². The third-order valence-electron chi connectivity index (χ3n) is 7.17. The van der Waals surface area contributed by atoms with E-state index in [9.17, 15) is 14.4 Å². The number of carbonyl (C=O) groups excluding carboxylic acids is 3. The van der Waals surface area contributed by atoms with Crippen LogP contribution in [0.1, 0.15) is 84.0 Å². The van der Waals surface area contributed by atoms with Crippen LogP contribution < -0.4 is 0 Å². The van der Waals surface area contributed by atoms with Crippen molar-refractivity contribution in [1.29, 1.82) is 0 Å². The Labute approximate surface area is 234 Å². The number of urea groups is 1. The number of amides is 3. The Hall–Kier alpha value is -4.21. The number of unbranched alkanes of at least 4 members (excludes halogenated alkanes) is 2. The smallest absolute Gasteiger partial charge is 0.337 e. The largest absolute Gasteiger partial charge is 0.465 e. The van der Waals surface area contributed by atoms with E-state index in [-0.39, 0.29) is 18.5 Å². The third kappa shape index (κ3) is 6.00. The number of carbonyl (C=O) groups is 3. The molecule has 0 unspecified atom stereocenters. The van der Waals surface area contributed by atoms with E-state index in [1.165, 1.54) is 16.9 Å². The molecule has 3 heterocycles. The molecule has 3 aromatic rings. The lowest BCUT2D eigenvalue weighted by Gasteiger charge is -2.17. The monoisotopic (exact) mass is 547 g/mol. The lowest BCUT2D eigenvalue weighted by atomic mass is 10.1. The number of ether oxygens (including phenoxy) is 1. The predicted octanol–water partition coefficient (Wildman–Crippen LogP) is 5.27. The van der Waals surface area contributed by atoms with Gasteiger partial charge in [0.15, 0.2) is 0 Å². The summed E-state index contributed by atoms with van der Waals surface area (Å²) in [6.45, 7) is 8.82. The number of hydrogen-bond donors (Lipinski definition) is 0. The van der Waals surface area contributed by atoms with Gasteiger partial charge in [-0.1, -0.05) is 44.0 Å². The number of imide groups is 1. The van der Waals surface area contributed by atoms with Crippen LogP contribution in [0.15, 0.2) is 40.7 Å². The van der Waals surface area contributed by atoms with Gasteiger partial charge in [0, 0.05) is 25.1 Å². The highest BCUT2D eigenvalue weighted by Gasteiger charge is 2.41. The van der Waals surface area contributed by atoms with E-state index in [0.717, 1.165) is 54.7 Å². The van der Waals surface area contributed by atoms with Crippen LogP contribution >= 0.6 is 0 Å². The van der Waals surface area contributed by atoms with Crippen molar-refractivity contribution in [2.45, 2.75) is 72.9 Å². The van der Waals surface area contributed by atoms with Crippen molar-refractivity contribution in [1.82, 2.24) is 24.5 Å². The van der Waals surface area contributed by atoms with E-state index in [2.05, 4.69) is 21.6 Å². The highest BCUT2D eigenvalue weighted by atomic mass is 16.5. The zero-order valence-corrected chi connectivity index (χ0v) is 23.9. The standard InChI is InChI=1S/C30H37N5O5/c1-6-8-10-27-31-17-24(34(27)18-22-11-13-23(14-12-22)29(37)39-5)16-26-28(36)33(15-9-7-2)30(38)35(26)19-25-20(3)32-40-21(25)4/h11-14,16-17H,6-10,15,18-19H2,1-5H3/b26-16-. The van der Waals surface area contributed by atoms with E-state index in [4.69, 9.17) is 9.26 Å². The van der Waals surface area contributed by atoms with Crippen molar-refractivity contribution in [3.05, 3.63) is 75.8 Å². The summed E-state index contributed by atoms with van der Waals surface area (Å²) in [4.78, 5) is 46.5. The van der Waals surface area contributed by atoms with Gasteiger partial charge in [0.05, 0.1) is 36.8 Å². The maximum Gasteiger partial charge on any atom is 0.337 e. The van der Waals surface area contributed by atoms with Crippen molar-refractivity contribution in [3.8, 4) is 0 Å². The summed E-state index contributed by atoms with van der Waals surface area (Å²) in [6, 6.07) is 6.89. The Bertz CT molecular complexity index is 1380. The number of imidazole rings is 1. The van der Waals surface area contributed by atoms with Crippen molar-refractivity contribution < 1.29 is 23.6 Å². The Balaban J connectivity index is 1.73. The van der Waals surface area contributed by atoms with Crippen LogP contribution in [-0.4, -0.2) is 56.1 Å². The number of methoxy groups -OCH3 is 1. The highest BCUT2D eigenvalue weighted by Crippen LogP contribution is 2.28. The number of aryl methyl sites for hydroxylation is 3. The minimum atomic E-state index is -0.390. The third-order valence-corrected chi connectivity index (χ3v) is 7.17. The minimum Gasteiger partial charge on any atom is -0.465 e. The summed E-state index contributed by atoms with van der Waals surface area (Å²) in [5.41, 5.74) is 3.93. The maximum atomic E-state index is 13.6. The van der Waals surface area contributed by atoms with Gasteiger partial charge in [-0.05, 0) is 50.5 Å². The molecule has 2 aromatic heterocycles. The molecule has 0 saturated carbocycles. The minimum absolute atomic E-state index is 0.187. The Morgan fingerprint density at radius 2 is 1.75 bits per heavy atom. The van der Waals surface area contributed by atoms with Crippen LogP contribution in [0.4, 0.5) is 4.79 Å². The molecule has 4 rings (SSSR count). The number of nitrogens with zero attached hydrogens (tertiary/aromatic N) is 5. The van der Waals surface area contributed by atoms with Crippen LogP contribution in [0.25, 0.3) is 6.08 Å². The molecule has 40 heavy (non-hydrogen) atoms. The molecule has 0 atom stereocenters. The first kappa shape index (κ1) is 28.8. The van der Waals surface area contributed by atoms with Crippen LogP contribution in [-0.2, 0) is 29.0 Å². The van der Waals surface area contributed by atoms with Gasteiger partial charge in [0.25, 0.3) is 5.91 Å². The molecule has 1 fully saturated rings. The van der Waals surface area contributed by atoms with E-state index >= 15 is 0 Å². The predicted molar refractivity (Wildman–Crippen MR) is 149 cm³/mol. The molecular weight excluding hydrogens is 510 g/mol.